The van der Waals surface area contributed by atoms with E-state index in [2.05, 4.69) is 58.0 Å². The van der Waals surface area contributed by atoms with Gasteiger partial charge in [-0.1, -0.05) is 12.1 Å². The first-order chi connectivity index (χ1) is 8.36. The highest BCUT2D eigenvalue weighted by atomic mass is 32.3. The summed E-state index contributed by atoms with van der Waals surface area (Å²) < 4.78 is 0. The monoisotopic (exact) mass is 261 g/mol. The molecule has 2 rings (SSSR count). The Bertz CT molecular complexity index is 536. The molecule has 0 aliphatic carbocycles. The highest BCUT2D eigenvalue weighted by molar-refractivity contribution is 8.32. The summed E-state index contributed by atoms with van der Waals surface area (Å²) in [7, 11) is -0.671. The quantitative estimate of drug-likeness (QED) is 0.833. The maximum absolute atomic E-state index is 4.38. The Morgan fingerprint density at radius 2 is 1.28 bits per heavy atom. The van der Waals surface area contributed by atoms with Crippen molar-refractivity contribution in [1.29, 1.82) is 0 Å². The van der Waals surface area contributed by atoms with E-state index in [1.165, 1.54) is 4.90 Å². The zero-order chi connectivity index (χ0) is 13.3. The molecule has 3 nitrogen and oxygen atoms in total. The van der Waals surface area contributed by atoms with Gasteiger partial charge in [-0.05, 0) is 49.6 Å². The summed E-state index contributed by atoms with van der Waals surface area (Å²) in [5.41, 5.74) is 1.05. The molecule has 0 unspecified atom stereocenters. The standard InChI is InChI=1S/C14H19N3S/c1-10-15-11(2)17-14(16-10)12-6-8-13(9-7-12)18(3,4)5/h6-9H,1-5H3. The van der Waals surface area contributed by atoms with Gasteiger partial charge >= 0.3 is 0 Å². The van der Waals surface area contributed by atoms with Gasteiger partial charge in [0.25, 0.3) is 0 Å². The van der Waals surface area contributed by atoms with Crippen molar-refractivity contribution in [3.63, 3.8) is 0 Å². The van der Waals surface area contributed by atoms with Gasteiger partial charge in [0.15, 0.2) is 5.82 Å². The number of benzene rings is 1. The lowest BCUT2D eigenvalue weighted by atomic mass is 10.2. The third-order valence-corrected chi connectivity index (χ3v) is 4.37. The lowest BCUT2D eigenvalue weighted by molar-refractivity contribution is 0.928. The van der Waals surface area contributed by atoms with Crippen molar-refractivity contribution in [2.24, 2.45) is 0 Å². The normalized spacial score (nSPS) is 12.5. The number of aromatic nitrogens is 3. The minimum atomic E-state index is -0.671. The Hall–Kier alpha value is -1.42. The molecule has 0 atom stereocenters. The molecule has 1 aromatic heterocycles. The van der Waals surface area contributed by atoms with Gasteiger partial charge in [-0.2, -0.15) is 0 Å². The van der Waals surface area contributed by atoms with Crippen molar-refractivity contribution in [3.8, 4) is 11.4 Å². The van der Waals surface area contributed by atoms with Crippen molar-refractivity contribution < 1.29 is 0 Å². The van der Waals surface area contributed by atoms with Crippen molar-refractivity contribution in [2.75, 3.05) is 18.8 Å². The molecule has 0 saturated heterocycles. The molecular weight excluding hydrogens is 242 g/mol. The van der Waals surface area contributed by atoms with Gasteiger partial charge in [0.05, 0.1) is 0 Å². The smallest absolute Gasteiger partial charge is 0.163 e. The molecule has 18 heavy (non-hydrogen) atoms. The van der Waals surface area contributed by atoms with Crippen LogP contribution in [0, 0.1) is 13.8 Å². The second kappa shape index (κ2) is 4.69. The second-order valence-corrected chi connectivity index (χ2v) is 9.26. The Kier molecular flexibility index (Phi) is 3.39. The molecule has 96 valence electrons. The third-order valence-electron chi connectivity index (χ3n) is 2.68. The minimum absolute atomic E-state index is 0.671. The molecule has 0 spiro atoms. The van der Waals surface area contributed by atoms with Crippen LogP contribution in [0.4, 0.5) is 0 Å². The van der Waals surface area contributed by atoms with E-state index in [9.17, 15) is 0 Å². The lowest BCUT2D eigenvalue weighted by Gasteiger charge is -2.25. The first-order valence-electron chi connectivity index (χ1n) is 5.84. The van der Waals surface area contributed by atoms with E-state index in [1.807, 2.05) is 13.8 Å². The van der Waals surface area contributed by atoms with E-state index in [4.69, 9.17) is 0 Å². The maximum Gasteiger partial charge on any atom is 0.163 e. The number of hydrogen-bond acceptors (Lipinski definition) is 3. The van der Waals surface area contributed by atoms with Crippen LogP contribution < -0.4 is 0 Å². The summed E-state index contributed by atoms with van der Waals surface area (Å²) in [4.78, 5) is 14.4. The van der Waals surface area contributed by atoms with Crippen molar-refractivity contribution in [2.45, 2.75) is 18.7 Å². The Morgan fingerprint density at radius 1 is 0.778 bits per heavy atom. The van der Waals surface area contributed by atoms with Gasteiger partial charge in [-0.3, -0.25) is 0 Å². The first kappa shape index (κ1) is 13.0. The van der Waals surface area contributed by atoms with E-state index in [0.717, 1.165) is 23.0 Å². The molecule has 4 heteroatoms. The van der Waals surface area contributed by atoms with Gasteiger partial charge in [-0.25, -0.2) is 25.0 Å². The van der Waals surface area contributed by atoms with Crippen LogP contribution in [-0.4, -0.2) is 33.7 Å². The van der Waals surface area contributed by atoms with Crippen LogP contribution in [0.15, 0.2) is 29.2 Å². The predicted octanol–water partition coefficient (Wildman–Crippen LogP) is 3.21. The van der Waals surface area contributed by atoms with Crippen LogP contribution >= 0.6 is 10.0 Å². The molecule has 0 bridgehead atoms. The summed E-state index contributed by atoms with van der Waals surface area (Å²) in [6, 6.07) is 8.56. The molecule has 0 fully saturated rings. The van der Waals surface area contributed by atoms with Crippen molar-refractivity contribution in [1.82, 2.24) is 15.0 Å². The second-order valence-electron chi connectivity index (χ2n) is 5.11. The van der Waals surface area contributed by atoms with E-state index in [0.29, 0.717) is 0 Å². The molecule has 0 saturated carbocycles. The maximum atomic E-state index is 4.38. The Balaban J connectivity index is 2.40. The highest BCUT2D eigenvalue weighted by Gasteiger charge is 2.09. The van der Waals surface area contributed by atoms with Gasteiger partial charge in [0.2, 0.25) is 0 Å². The van der Waals surface area contributed by atoms with Crippen molar-refractivity contribution in [3.05, 3.63) is 35.9 Å². The van der Waals surface area contributed by atoms with Gasteiger partial charge in [-0.15, -0.1) is 0 Å². The summed E-state index contributed by atoms with van der Waals surface area (Å²) in [6.45, 7) is 3.79. The SMILES string of the molecule is Cc1nc(C)nc(-c2ccc(S(C)(C)C)cc2)n1. The van der Waals surface area contributed by atoms with Crippen LogP contribution in [0.25, 0.3) is 11.4 Å². The number of nitrogens with zero attached hydrogens (tertiary/aromatic N) is 3. The molecule has 0 N–H and O–H groups in total. The fourth-order valence-electron chi connectivity index (χ4n) is 1.76. The van der Waals surface area contributed by atoms with Gasteiger partial charge in [0, 0.05) is 5.56 Å². The van der Waals surface area contributed by atoms with Gasteiger partial charge in [0.1, 0.15) is 11.6 Å². The molecule has 0 aliphatic heterocycles. The molecule has 2 aromatic rings. The minimum Gasteiger partial charge on any atom is -0.223 e. The van der Waals surface area contributed by atoms with Gasteiger partial charge < -0.3 is 0 Å². The fourth-order valence-corrected chi connectivity index (χ4v) is 2.71. The summed E-state index contributed by atoms with van der Waals surface area (Å²) >= 11 is 0. The lowest BCUT2D eigenvalue weighted by Crippen LogP contribution is -1.99. The summed E-state index contributed by atoms with van der Waals surface area (Å²) in [6.07, 6.45) is 6.87. The molecule has 0 aliphatic rings. The van der Waals surface area contributed by atoms with Crippen LogP contribution in [0.1, 0.15) is 11.6 Å². The highest BCUT2D eigenvalue weighted by Crippen LogP contribution is 2.45. The Labute approximate surface area is 110 Å². The van der Waals surface area contributed by atoms with Crippen LogP contribution in [0.2, 0.25) is 0 Å². The van der Waals surface area contributed by atoms with Crippen molar-refractivity contribution >= 4 is 10.0 Å². The molecule has 1 aromatic carbocycles. The zero-order valence-corrected chi connectivity index (χ0v) is 12.4. The average Bonchev–Trinajstić information content (AvgIpc) is 2.27. The fraction of sp³-hybridized carbons (Fsp3) is 0.357. The molecular formula is C14H19N3S. The molecule has 1 heterocycles. The topological polar surface area (TPSA) is 38.7 Å². The molecule has 0 radical (unpaired) electrons. The Morgan fingerprint density at radius 3 is 1.72 bits per heavy atom. The van der Waals surface area contributed by atoms with E-state index in [-0.39, 0.29) is 0 Å². The predicted molar refractivity (Wildman–Crippen MR) is 78.4 cm³/mol. The number of aryl methyl sites for hydroxylation is 2. The number of hydrogen-bond donors (Lipinski definition) is 0. The largest absolute Gasteiger partial charge is 0.223 e. The zero-order valence-electron chi connectivity index (χ0n) is 11.6. The third kappa shape index (κ3) is 2.88. The van der Waals surface area contributed by atoms with Crippen LogP contribution in [0.5, 0.6) is 0 Å². The van der Waals surface area contributed by atoms with E-state index < -0.39 is 10.0 Å². The first-order valence-corrected chi connectivity index (χ1v) is 8.70. The van der Waals surface area contributed by atoms with E-state index >= 15 is 0 Å². The van der Waals surface area contributed by atoms with Crippen LogP contribution in [0.3, 0.4) is 0 Å². The van der Waals surface area contributed by atoms with Crippen LogP contribution in [-0.2, 0) is 0 Å². The number of rotatable bonds is 2. The average molecular weight is 261 g/mol. The summed E-state index contributed by atoms with van der Waals surface area (Å²) in [5.74, 6) is 2.29. The molecule has 0 amide bonds. The van der Waals surface area contributed by atoms with E-state index in [1.54, 1.807) is 0 Å². The summed E-state index contributed by atoms with van der Waals surface area (Å²) in [5, 5.41) is 0.